The van der Waals surface area contributed by atoms with Gasteiger partial charge in [0.2, 0.25) is 0 Å². The first kappa shape index (κ1) is 14.6. The molecule has 1 saturated heterocycles. The van der Waals surface area contributed by atoms with Crippen molar-refractivity contribution in [3.05, 3.63) is 23.8 Å². The highest BCUT2D eigenvalue weighted by Gasteiger charge is 2.42. The molecule has 1 aromatic carbocycles. The number of benzene rings is 1. The fourth-order valence-electron chi connectivity index (χ4n) is 2.48. The summed E-state index contributed by atoms with van der Waals surface area (Å²) in [7, 11) is 0. The number of aliphatic carboxylic acids is 1. The van der Waals surface area contributed by atoms with E-state index in [0.717, 1.165) is 5.56 Å². The molecule has 110 valence electrons. The largest absolute Gasteiger partial charge is 0.508 e. The van der Waals surface area contributed by atoms with Crippen molar-refractivity contribution >= 4 is 5.97 Å². The van der Waals surface area contributed by atoms with Gasteiger partial charge in [-0.25, -0.2) is 4.79 Å². The molecule has 0 bridgehead atoms. The highest BCUT2D eigenvalue weighted by Crippen LogP contribution is 2.35. The summed E-state index contributed by atoms with van der Waals surface area (Å²) in [4.78, 5) is 12.6. The molecule has 1 unspecified atom stereocenters. The van der Waals surface area contributed by atoms with Gasteiger partial charge in [-0.2, -0.15) is 0 Å². The summed E-state index contributed by atoms with van der Waals surface area (Å²) in [5, 5.41) is 27.6. The van der Waals surface area contributed by atoms with Crippen LogP contribution in [0.1, 0.15) is 25.5 Å². The molecule has 1 heterocycles. The number of nitrogens with zero attached hydrogens (tertiary/aromatic N) is 1. The second-order valence-corrected chi connectivity index (χ2v) is 5.50. The van der Waals surface area contributed by atoms with Gasteiger partial charge in [0.15, 0.2) is 0 Å². The Balaban J connectivity index is 1.96. The van der Waals surface area contributed by atoms with Crippen molar-refractivity contribution in [2.75, 3.05) is 19.7 Å². The third-order valence-electron chi connectivity index (χ3n) is 3.57. The molecule has 6 heteroatoms. The summed E-state index contributed by atoms with van der Waals surface area (Å²) in [5.41, 5.74) is 0.355. The van der Waals surface area contributed by atoms with Crippen molar-refractivity contribution in [1.82, 2.24) is 4.90 Å². The quantitative estimate of drug-likeness (QED) is 0.754. The van der Waals surface area contributed by atoms with Crippen LogP contribution in [0.2, 0.25) is 0 Å². The molecule has 3 N–H and O–H groups in total. The highest BCUT2D eigenvalue weighted by atomic mass is 16.5. The molecule has 1 aliphatic rings. The molecule has 6 nitrogen and oxygen atoms in total. The number of hydrogen-bond donors (Lipinski definition) is 3. The van der Waals surface area contributed by atoms with Gasteiger partial charge in [0.05, 0.1) is 5.60 Å². The Bertz CT molecular complexity index is 490. The number of carboxylic acid groups (broad SMARTS) is 1. The van der Waals surface area contributed by atoms with Crippen molar-refractivity contribution in [1.29, 1.82) is 0 Å². The van der Waals surface area contributed by atoms with E-state index in [9.17, 15) is 15.0 Å². The summed E-state index contributed by atoms with van der Waals surface area (Å²) >= 11 is 0. The summed E-state index contributed by atoms with van der Waals surface area (Å²) in [5.74, 6) is -0.926. The summed E-state index contributed by atoms with van der Waals surface area (Å²) < 4.78 is 5.35. The number of rotatable bonds is 5. The van der Waals surface area contributed by atoms with Crippen LogP contribution >= 0.6 is 0 Å². The van der Waals surface area contributed by atoms with E-state index in [-0.39, 0.29) is 24.1 Å². The van der Waals surface area contributed by atoms with Crippen LogP contribution in [0.25, 0.3) is 0 Å². The van der Waals surface area contributed by atoms with Crippen LogP contribution < -0.4 is 0 Å². The molecular formula is C14H19NO5. The molecule has 2 rings (SSSR count). The SMILES string of the molecule is CC(c1cc(O)cc(O)c1)N1CC(C)(OCC(=O)O)C1. The summed E-state index contributed by atoms with van der Waals surface area (Å²) in [6.07, 6.45) is 0. The fraction of sp³-hybridized carbons (Fsp3) is 0.500. The topological polar surface area (TPSA) is 90.2 Å². The Labute approximate surface area is 117 Å². The van der Waals surface area contributed by atoms with Crippen LogP contribution in [0.5, 0.6) is 11.5 Å². The van der Waals surface area contributed by atoms with Crippen LogP contribution in [0.15, 0.2) is 18.2 Å². The van der Waals surface area contributed by atoms with E-state index in [0.29, 0.717) is 13.1 Å². The maximum absolute atomic E-state index is 10.5. The molecule has 0 spiro atoms. The van der Waals surface area contributed by atoms with E-state index >= 15 is 0 Å². The van der Waals surface area contributed by atoms with Gasteiger partial charge >= 0.3 is 5.97 Å². The van der Waals surface area contributed by atoms with Gasteiger partial charge in [-0.05, 0) is 31.5 Å². The van der Waals surface area contributed by atoms with Crippen LogP contribution in [-0.2, 0) is 9.53 Å². The minimum absolute atomic E-state index is 0.00880. The molecule has 0 amide bonds. The maximum Gasteiger partial charge on any atom is 0.329 e. The van der Waals surface area contributed by atoms with Crippen molar-refractivity contribution in [3.63, 3.8) is 0 Å². The monoisotopic (exact) mass is 281 g/mol. The average molecular weight is 281 g/mol. The third-order valence-corrected chi connectivity index (χ3v) is 3.57. The van der Waals surface area contributed by atoms with E-state index < -0.39 is 11.6 Å². The first-order valence-corrected chi connectivity index (χ1v) is 6.42. The minimum atomic E-state index is -0.976. The maximum atomic E-state index is 10.5. The number of likely N-dealkylation sites (tertiary alicyclic amines) is 1. The molecule has 1 atom stereocenters. The minimum Gasteiger partial charge on any atom is -0.508 e. The molecule has 1 aromatic rings. The number of aromatic hydroxyl groups is 2. The lowest BCUT2D eigenvalue weighted by molar-refractivity contribution is -0.169. The first-order valence-electron chi connectivity index (χ1n) is 6.42. The zero-order valence-corrected chi connectivity index (χ0v) is 11.5. The normalized spacial score (nSPS) is 19.3. The van der Waals surface area contributed by atoms with Gasteiger partial charge in [0, 0.05) is 25.2 Å². The molecule has 0 radical (unpaired) electrons. The van der Waals surface area contributed by atoms with E-state index in [2.05, 4.69) is 4.90 Å². The van der Waals surface area contributed by atoms with Gasteiger partial charge < -0.3 is 20.1 Å². The third kappa shape index (κ3) is 3.20. The smallest absolute Gasteiger partial charge is 0.329 e. The molecule has 0 saturated carbocycles. The summed E-state index contributed by atoms with van der Waals surface area (Å²) in [6, 6.07) is 4.51. The number of phenolic OH excluding ortho intramolecular Hbond substituents is 2. The predicted octanol–water partition coefficient (Wildman–Crippen LogP) is 1.33. The Hall–Kier alpha value is -1.79. The lowest BCUT2D eigenvalue weighted by atomic mass is 9.92. The molecule has 1 fully saturated rings. The van der Waals surface area contributed by atoms with Gasteiger partial charge in [0.25, 0.3) is 0 Å². The zero-order chi connectivity index (χ0) is 14.9. The van der Waals surface area contributed by atoms with E-state index in [1.807, 2.05) is 13.8 Å². The predicted molar refractivity (Wildman–Crippen MR) is 71.8 cm³/mol. The Kier molecular flexibility index (Phi) is 3.87. The van der Waals surface area contributed by atoms with Gasteiger partial charge in [0.1, 0.15) is 18.1 Å². The van der Waals surface area contributed by atoms with E-state index in [4.69, 9.17) is 9.84 Å². The second-order valence-electron chi connectivity index (χ2n) is 5.50. The van der Waals surface area contributed by atoms with Crippen LogP contribution in [0.4, 0.5) is 0 Å². The van der Waals surface area contributed by atoms with Crippen molar-refractivity contribution < 1.29 is 24.9 Å². The van der Waals surface area contributed by atoms with E-state index in [1.54, 1.807) is 12.1 Å². The first-order chi connectivity index (χ1) is 9.29. The van der Waals surface area contributed by atoms with Crippen molar-refractivity contribution in [3.8, 4) is 11.5 Å². The Morgan fingerprint density at radius 2 is 1.90 bits per heavy atom. The second kappa shape index (κ2) is 5.30. The average Bonchev–Trinajstić information content (AvgIpc) is 2.31. The number of carbonyl (C=O) groups is 1. The molecular weight excluding hydrogens is 262 g/mol. The molecule has 1 aliphatic heterocycles. The van der Waals surface area contributed by atoms with Gasteiger partial charge in [-0.15, -0.1) is 0 Å². The lowest BCUT2D eigenvalue weighted by Gasteiger charge is -2.50. The zero-order valence-electron chi connectivity index (χ0n) is 11.5. The number of ether oxygens (including phenoxy) is 1. The molecule has 0 aliphatic carbocycles. The van der Waals surface area contributed by atoms with Crippen LogP contribution in [0.3, 0.4) is 0 Å². The number of carboxylic acids is 1. The number of phenols is 2. The Morgan fingerprint density at radius 3 is 2.40 bits per heavy atom. The summed E-state index contributed by atoms with van der Waals surface area (Å²) in [6.45, 7) is 4.76. The van der Waals surface area contributed by atoms with Crippen LogP contribution in [0, 0.1) is 0 Å². The van der Waals surface area contributed by atoms with Gasteiger partial charge in [-0.1, -0.05) is 0 Å². The highest BCUT2D eigenvalue weighted by molar-refractivity contribution is 5.68. The van der Waals surface area contributed by atoms with E-state index in [1.165, 1.54) is 6.07 Å². The standard InChI is InChI=1S/C14H19NO5/c1-9(10-3-11(16)5-12(17)4-10)15-7-14(2,8-15)20-6-13(18)19/h3-5,9,16-17H,6-8H2,1-2H3,(H,18,19). The van der Waals surface area contributed by atoms with Gasteiger partial charge in [-0.3, -0.25) is 4.90 Å². The number of hydrogen-bond acceptors (Lipinski definition) is 5. The molecule has 20 heavy (non-hydrogen) atoms. The van der Waals surface area contributed by atoms with Crippen LogP contribution in [-0.4, -0.2) is 51.5 Å². The lowest BCUT2D eigenvalue weighted by Crippen LogP contribution is -2.62. The molecule has 0 aromatic heterocycles. The van der Waals surface area contributed by atoms with Crippen molar-refractivity contribution in [2.24, 2.45) is 0 Å². The Morgan fingerprint density at radius 1 is 1.35 bits per heavy atom. The van der Waals surface area contributed by atoms with Crippen molar-refractivity contribution in [2.45, 2.75) is 25.5 Å². The fourth-order valence-corrected chi connectivity index (χ4v) is 2.48.